The minimum Gasteiger partial charge on any atom is -0.369 e. The lowest BCUT2D eigenvalue weighted by Crippen LogP contribution is -2.27. The number of imidazole rings is 1. The van der Waals surface area contributed by atoms with Crippen LogP contribution in [-0.4, -0.2) is 38.5 Å². The number of aryl methyl sites for hydroxylation is 2. The lowest BCUT2D eigenvalue weighted by Gasteiger charge is -2.09. The third kappa shape index (κ3) is 4.65. The van der Waals surface area contributed by atoms with Gasteiger partial charge < -0.3 is 15.2 Å². The third-order valence-electron chi connectivity index (χ3n) is 4.85. The van der Waals surface area contributed by atoms with Crippen molar-refractivity contribution < 1.29 is 4.79 Å². The summed E-state index contributed by atoms with van der Waals surface area (Å²) < 4.78 is 2.00. The maximum atomic E-state index is 12.1. The fraction of sp³-hybridized carbons (Fsp3) is 0.273. The highest BCUT2D eigenvalue weighted by Crippen LogP contribution is 2.40. The van der Waals surface area contributed by atoms with Gasteiger partial charge in [0.05, 0.1) is 11.7 Å². The minimum absolute atomic E-state index is 0.0308. The zero-order valence-corrected chi connectivity index (χ0v) is 17.7. The number of thiophene rings is 1. The number of aromatic nitrogens is 4. The maximum Gasteiger partial charge on any atom is 0.221 e. The van der Waals surface area contributed by atoms with Crippen LogP contribution in [-0.2, 0) is 11.3 Å². The van der Waals surface area contributed by atoms with Gasteiger partial charge in [-0.3, -0.25) is 4.79 Å². The molecule has 0 radical (unpaired) electrons. The van der Waals surface area contributed by atoms with Crippen LogP contribution in [0.25, 0.3) is 21.3 Å². The van der Waals surface area contributed by atoms with Crippen molar-refractivity contribution in [3.8, 4) is 11.1 Å². The Morgan fingerprint density at radius 1 is 1.17 bits per heavy atom. The van der Waals surface area contributed by atoms with Crippen molar-refractivity contribution >= 4 is 33.3 Å². The van der Waals surface area contributed by atoms with Crippen LogP contribution in [0.15, 0.2) is 55.4 Å². The Hall–Kier alpha value is -3.26. The molecule has 0 saturated carbocycles. The van der Waals surface area contributed by atoms with E-state index in [-0.39, 0.29) is 5.91 Å². The van der Waals surface area contributed by atoms with Gasteiger partial charge in [-0.2, -0.15) is 0 Å². The van der Waals surface area contributed by atoms with E-state index in [4.69, 9.17) is 0 Å². The Morgan fingerprint density at radius 2 is 2.03 bits per heavy atom. The number of amides is 1. The molecule has 0 unspecified atom stereocenters. The van der Waals surface area contributed by atoms with Gasteiger partial charge >= 0.3 is 0 Å². The average molecular weight is 421 g/mol. The van der Waals surface area contributed by atoms with E-state index in [0.29, 0.717) is 19.5 Å². The fourth-order valence-electron chi connectivity index (χ4n) is 3.42. The summed E-state index contributed by atoms with van der Waals surface area (Å²) in [5, 5.41) is 7.32. The molecule has 4 aromatic rings. The van der Waals surface area contributed by atoms with E-state index in [0.717, 1.165) is 40.1 Å². The second kappa shape index (κ2) is 9.49. The second-order valence-corrected chi connectivity index (χ2v) is 8.19. The van der Waals surface area contributed by atoms with Gasteiger partial charge in [-0.1, -0.05) is 30.3 Å². The molecular weight excluding hydrogens is 396 g/mol. The minimum atomic E-state index is 0.0308. The maximum absolute atomic E-state index is 12.1. The normalized spacial score (nSPS) is 11.0. The van der Waals surface area contributed by atoms with Crippen molar-refractivity contribution in [3.63, 3.8) is 0 Å². The second-order valence-electron chi connectivity index (χ2n) is 6.98. The molecule has 2 N–H and O–H groups in total. The van der Waals surface area contributed by atoms with Crippen LogP contribution in [0.2, 0.25) is 0 Å². The fourth-order valence-corrected chi connectivity index (χ4v) is 4.43. The first-order chi connectivity index (χ1) is 14.7. The Kier molecular flexibility index (Phi) is 6.34. The molecule has 0 aliphatic heterocycles. The van der Waals surface area contributed by atoms with Gasteiger partial charge in [0, 0.05) is 48.9 Å². The number of fused-ring (bicyclic) bond motifs is 1. The summed E-state index contributed by atoms with van der Waals surface area (Å²) in [5.74, 6) is 0.805. The summed E-state index contributed by atoms with van der Waals surface area (Å²) in [5.41, 5.74) is 2.30. The topological polar surface area (TPSA) is 84.7 Å². The van der Waals surface area contributed by atoms with Gasteiger partial charge in [0.15, 0.2) is 0 Å². The average Bonchev–Trinajstić information content (AvgIpc) is 3.39. The van der Waals surface area contributed by atoms with Crippen molar-refractivity contribution in [2.75, 3.05) is 18.4 Å². The van der Waals surface area contributed by atoms with Crippen molar-refractivity contribution in [1.82, 2.24) is 24.8 Å². The number of nitrogens with zero attached hydrogens (tertiary/aromatic N) is 4. The first-order valence-corrected chi connectivity index (χ1v) is 10.8. The van der Waals surface area contributed by atoms with Crippen LogP contribution in [0.5, 0.6) is 0 Å². The highest BCUT2D eigenvalue weighted by molar-refractivity contribution is 7.19. The monoisotopic (exact) mass is 420 g/mol. The molecule has 0 fully saturated rings. The first-order valence-electron chi connectivity index (χ1n) is 9.98. The van der Waals surface area contributed by atoms with E-state index in [1.165, 1.54) is 4.88 Å². The zero-order chi connectivity index (χ0) is 20.8. The Morgan fingerprint density at radius 3 is 2.83 bits per heavy atom. The lowest BCUT2D eigenvalue weighted by molar-refractivity contribution is -0.120. The van der Waals surface area contributed by atoms with Crippen LogP contribution >= 0.6 is 11.3 Å². The first kappa shape index (κ1) is 20.0. The van der Waals surface area contributed by atoms with Gasteiger partial charge in [-0.25, -0.2) is 15.0 Å². The van der Waals surface area contributed by atoms with Gasteiger partial charge in [0.1, 0.15) is 17.0 Å². The highest BCUT2D eigenvalue weighted by Gasteiger charge is 2.16. The van der Waals surface area contributed by atoms with Crippen LogP contribution in [0.1, 0.15) is 17.7 Å². The van der Waals surface area contributed by atoms with Crippen LogP contribution in [0.3, 0.4) is 0 Å². The molecule has 7 nitrogen and oxygen atoms in total. The Bertz CT molecular complexity index is 1110. The molecule has 0 bridgehead atoms. The Balaban J connectivity index is 1.35. The standard InChI is InChI=1S/C22H24N6OS/c1-16-19(17-6-3-2-4-7-17)20-21(26-14-27-22(20)30-16)25-10-8-18(29)24-9-5-12-28-13-11-23-15-28/h2-4,6-7,11,13-15H,5,8-10,12H2,1H3,(H,24,29)(H,25,26,27). The number of carbonyl (C=O) groups is 1. The summed E-state index contributed by atoms with van der Waals surface area (Å²) in [7, 11) is 0. The largest absolute Gasteiger partial charge is 0.369 e. The van der Waals surface area contributed by atoms with Crippen LogP contribution in [0, 0.1) is 6.92 Å². The predicted molar refractivity (Wildman–Crippen MR) is 121 cm³/mol. The number of hydrogen-bond donors (Lipinski definition) is 2. The van der Waals surface area contributed by atoms with Gasteiger partial charge in [-0.15, -0.1) is 11.3 Å². The number of rotatable bonds is 9. The van der Waals surface area contributed by atoms with E-state index < -0.39 is 0 Å². The lowest BCUT2D eigenvalue weighted by atomic mass is 10.0. The van der Waals surface area contributed by atoms with Crippen LogP contribution in [0.4, 0.5) is 5.82 Å². The number of nitrogens with one attached hydrogen (secondary N) is 2. The molecule has 1 amide bonds. The van der Waals surface area contributed by atoms with E-state index in [1.54, 1.807) is 30.2 Å². The SMILES string of the molecule is Cc1sc2ncnc(NCCC(=O)NCCCn3ccnc3)c2c1-c1ccccc1. The van der Waals surface area contributed by atoms with E-state index >= 15 is 0 Å². The summed E-state index contributed by atoms with van der Waals surface area (Å²) in [4.78, 5) is 27.2. The summed E-state index contributed by atoms with van der Waals surface area (Å²) in [6.07, 6.45) is 8.29. The predicted octanol–water partition coefficient (Wildman–Crippen LogP) is 3.87. The smallest absolute Gasteiger partial charge is 0.221 e. The summed E-state index contributed by atoms with van der Waals surface area (Å²) >= 11 is 1.66. The van der Waals surface area contributed by atoms with Crippen molar-refractivity contribution in [2.45, 2.75) is 26.3 Å². The molecule has 0 atom stereocenters. The van der Waals surface area contributed by atoms with E-state index in [9.17, 15) is 4.79 Å². The number of carbonyl (C=O) groups excluding carboxylic acids is 1. The molecule has 0 saturated heterocycles. The molecule has 0 aliphatic rings. The van der Waals surface area contributed by atoms with Crippen molar-refractivity contribution in [2.24, 2.45) is 0 Å². The quantitative estimate of drug-likeness (QED) is 0.402. The van der Waals surface area contributed by atoms with E-state index in [2.05, 4.69) is 44.6 Å². The molecule has 0 aliphatic carbocycles. The number of hydrogen-bond acceptors (Lipinski definition) is 6. The van der Waals surface area contributed by atoms with Crippen molar-refractivity contribution in [1.29, 1.82) is 0 Å². The Labute approximate surface area is 179 Å². The molecule has 0 spiro atoms. The zero-order valence-electron chi connectivity index (χ0n) is 16.8. The van der Waals surface area contributed by atoms with E-state index in [1.807, 2.05) is 29.0 Å². The third-order valence-corrected chi connectivity index (χ3v) is 5.86. The number of anilines is 1. The molecule has 1 aromatic carbocycles. The molecule has 3 heterocycles. The molecule has 30 heavy (non-hydrogen) atoms. The number of benzene rings is 1. The van der Waals surface area contributed by atoms with Gasteiger partial charge in [0.2, 0.25) is 5.91 Å². The molecule has 154 valence electrons. The molecule has 4 rings (SSSR count). The van der Waals surface area contributed by atoms with Gasteiger partial charge in [-0.05, 0) is 18.9 Å². The summed E-state index contributed by atoms with van der Waals surface area (Å²) in [6.45, 7) is 4.12. The van der Waals surface area contributed by atoms with Crippen LogP contribution < -0.4 is 10.6 Å². The van der Waals surface area contributed by atoms with Crippen molar-refractivity contribution in [3.05, 3.63) is 60.3 Å². The summed E-state index contributed by atoms with van der Waals surface area (Å²) in [6, 6.07) is 10.3. The molecule has 3 aromatic heterocycles. The molecule has 8 heteroatoms. The van der Waals surface area contributed by atoms with Gasteiger partial charge in [0.25, 0.3) is 0 Å². The highest BCUT2D eigenvalue weighted by atomic mass is 32.1. The molecular formula is C22H24N6OS.